The maximum Gasteiger partial charge on any atom is 0.337 e. The molecule has 0 fully saturated rings. The zero-order valence-corrected chi connectivity index (χ0v) is 14.8. The number of nitrogens with one attached hydrogen (secondary N) is 1. The lowest BCUT2D eigenvalue weighted by Crippen LogP contribution is -2.11. The first kappa shape index (κ1) is 19.8. The summed E-state index contributed by atoms with van der Waals surface area (Å²) in [6.07, 6.45) is 8.08. The van der Waals surface area contributed by atoms with Gasteiger partial charge in [0.1, 0.15) is 12.4 Å². The van der Waals surface area contributed by atoms with E-state index < -0.39 is 11.9 Å². The second-order valence-corrected chi connectivity index (χ2v) is 5.44. The number of aromatic carboxylic acids is 1. The molecule has 2 aromatic carbocycles. The van der Waals surface area contributed by atoms with E-state index in [1.807, 2.05) is 12.1 Å². The summed E-state index contributed by atoms with van der Waals surface area (Å²) in [6.45, 7) is 0.534. The Labute approximate surface area is 157 Å². The molecule has 0 aromatic heterocycles. The molecule has 2 rings (SSSR count). The fourth-order valence-electron chi connectivity index (χ4n) is 2.33. The van der Waals surface area contributed by atoms with E-state index >= 15 is 0 Å². The number of hydrogen-bond acceptors (Lipinski definition) is 4. The van der Waals surface area contributed by atoms with E-state index in [-0.39, 0.29) is 17.9 Å². The number of ether oxygens (including phenoxy) is 2. The van der Waals surface area contributed by atoms with Crippen molar-refractivity contribution in [2.24, 2.45) is 0 Å². The number of carbonyl (C=O) groups is 2. The van der Waals surface area contributed by atoms with Gasteiger partial charge in [-0.3, -0.25) is 4.79 Å². The van der Waals surface area contributed by atoms with Crippen LogP contribution in [0.5, 0.6) is 5.75 Å². The molecule has 0 aliphatic rings. The summed E-state index contributed by atoms with van der Waals surface area (Å²) in [4.78, 5) is 23.3. The standard InChI is InChI=1S/C21H19NO5/c1-3-12-27-14-16-10-8-15(13-19(16)26-2)9-11-20(23)22-18-7-5-4-6-17(18)21(24)25/h1,4-11,13H,12,14H2,2H3,(H,22,23)(H,24,25)/b11-9+. The molecule has 0 aliphatic heterocycles. The molecule has 1 amide bonds. The third kappa shape index (κ3) is 5.73. The van der Waals surface area contributed by atoms with Crippen LogP contribution in [0.3, 0.4) is 0 Å². The highest BCUT2D eigenvalue weighted by Gasteiger charge is 2.10. The summed E-state index contributed by atoms with van der Waals surface area (Å²) in [7, 11) is 1.54. The minimum atomic E-state index is -1.11. The molecule has 0 bridgehead atoms. The first-order valence-corrected chi connectivity index (χ1v) is 8.04. The van der Waals surface area contributed by atoms with E-state index in [4.69, 9.17) is 21.0 Å². The molecule has 0 unspecified atom stereocenters. The zero-order valence-electron chi connectivity index (χ0n) is 14.8. The minimum Gasteiger partial charge on any atom is -0.496 e. The average Bonchev–Trinajstić information content (AvgIpc) is 2.67. The van der Waals surface area contributed by atoms with Crippen molar-refractivity contribution >= 4 is 23.6 Å². The minimum absolute atomic E-state index is 0.0252. The Morgan fingerprint density at radius 2 is 2.04 bits per heavy atom. The largest absolute Gasteiger partial charge is 0.496 e. The molecule has 27 heavy (non-hydrogen) atoms. The van der Waals surface area contributed by atoms with Crippen LogP contribution in [0.25, 0.3) is 6.08 Å². The summed E-state index contributed by atoms with van der Waals surface area (Å²) in [5, 5.41) is 11.7. The number of hydrogen-bond donors (Lipinski definition) is 2. The van der Waals surface area contributed by atoms with Gasteiger partial charge in [0, 0.05) is 11.6 Å². The number of terminal acetylenes is 1. The van der Waals surface area contributed by atoms with Gasteiger partial charge in [-0.2, -0.15) is 0 Å². The van der Waals surface area contributed by atoms with Crippen LogP contribution in [0.4, 0.5) is 5.69 Å². The number of amides is 1. The van der Waals surface area contributed by atoms with Crippen LogP contribution >= 0.6 is 0 Å². The second-order valence-electron chi connectivity index (χ2n) is 5.44. The Hall–Kier alpha value is -3.56. The first-order valence-electron chi connectivity index (χ1n) is 8.04. The second kappa shape index (κ2) is 9.80. The van der Waals surface area contributed by atoms with Gasteiger partial charge in [0.2, 0.25) is 5.91 Å². The zero-order chi connectivity index (χ0) is 19.6. The van der Waals surface area contributed by atoms with Crippen molar-refractivity contribution in [3.63, 3.8) is 0 Å². The topological polar surface area (TPSA) is 84.9 Å². The molecule has 6 heteroatoms. The van der Waals surface area contributed by atoms with Crippen molar-refractivity contribution in [2.75, 3.05) is 19.0 Å². The monoisotopic (exact) mass is 365 g/mol. The predicted molar refractivity (Wildman–Crippen MR) is 103 cm³/mol. The van der Waals surface area contributed by atoms with E-state index in [1.54, 1.807) is 31.4 Å². The lowest BCUT2D eigenvalue weighted by Gasteiger charge is -2.09. The number of benzene rings is 2. The fraction of sp³-hybridized carbons (Fsp3) is 0.143. The van der Waals surface area contributed by atoms with E-state index in [0.717, 1.165) is 11.1 Å². The molecule has 0 aliphatic carbocycles. The van der Waals surface area contributed by atoms with Gasteiger partial charge in [-0.05, 0) is 29.8 Å². The molecule has 138 valence electrons. The maximum atomic E-state index is 12.1. The highest BCUT2D eigenvalue weighted by atomic mass is 16.5. The van der Waals surface area contributed by atoms with Gasteiger partial charge in [-0.25, -0.2) is 4.79 Å². The Morgan fingerprint density at radius 1 is 1.26 bits per heavy atom. The van der Waals surface area contributed by atoms with E-state index in [1.165, 1.54) is 18.2 Å². The summed E-state index contributed by atoms with van der Waals surface area (Å²) in [6, 6.07) is 11.6. The molecule has 0 atom stereocenters. The summed E-state index contributed by atoms with van der Waals surface area (Å²) < 4.78 is 10.6. The molecule has 0 radical (unpaired) electrons. The van der Waals surface area contributed by atoms with Gasteiger partial charge < -0.3 is 19.9 Å². The molecule has 2 aromatic rings. The van der Waals surface area contributed by atoms with Crippen molar-refractivity contribution in [2.45, 2.75) is 6.61 Å². The van der Waals surface area contributed by atoms with E-state index in [0.29, 0.717) is 12.4 Å². The van der Waals surface area contributed by atoms with Crippen LogP contribution < -0.4 is 10.1 Å². The van der Waals surface area contributed by atoms with Gasteiger partial charge in [-0.15, -0.1) is 6.42 Å². The predicted octanol–water partition coefficient (Wildman–Crippen LogP) is 3.20. The summed E-state index contributed by atoms with van der Waals surface area (Å²) in [5.74, 6) is 1.46. The highest BCUT2D eigenvalue weighted by molar-refractivity contribution is 6.06. The van der Waals surface area contributed by atoms with Crippen LogP contribution in [0, 0.1) is 12.3 Å². The smallest absolute Gasteiger partial charge is 0.337 e. The number of carbonyl (C=O) groups excluding carboxylic acids is 1. The van der Waals surface area contributed by atoms with Gasteiger partial charge in [0.05, 0.1) is 25.0 Å². The lowest BCUT2D eigenvalue weighted by molar-refractivity contribution is -0.111. The number of carboxylic acids is 1. The van der Waals surface area contributed by atoms with Crippen LogP contribution in [-0.2, 0) is 16.1 Å². The molecule has 0 saturated heterocycles. The van der Waals surface area contributed by atoms with Crippen molar-refractivity contribution < 1.29 is 24.2 Å². The fourth-order valence-corrected chi connectivity index (χ4v) is 2.33. The van der Waals surface area contributed by atoms with Crippen molar-refractivity contribution in [3.05, 3.63) is 65.2 Å². The molecule has 0 spiro atoms. The van der Waals surface area contributed by atoms with Crippen LogP contribution in [-0.4, -0.2) is 30.7 Å². The average molecular weight is 365 g/mol. The number of para-hydroxylation sites is 1. The summed E-state index contributed by atoms with van der Waals surface area (Å²) >= 11 is 0. The van der Waals surface area contributed by atoms with E-state index in [9.17, 15) is 9.59 Å². The van der Waals surface area contributed by atoms with E-state index in [2.05, 4.69) is 11.2 Å². The Kier molecular flexibility index (Phi) is 7.17. The number of carboxylic acid groups (broad SMARTS) is 1. The van der Waals surface area contributed by atoms with Crippen molar-refractivity contribution in [1.82, 2.24) is 0 Å². The highest BCUT2D eigenvalue weighted by Crippen LogP contribution is 2.22. The number of rotatable bonds is 8. The van der Waals surface area contributed by atoms with Crippen LogP contribution in [0.2, 0.25) is 0 Å². The number of methoxy groups -OCH3 is 1. The first-order chi connectivity index (χ1) is 13.0. The SMILES string of the molecule is C#CCOCc1ccc(/C=C/C(=O)Nc2ccccc2C(=O)O)cc1OC. The van der Waals surface area contributed by atoms with Gasteiger partial charge >= 0.3 is 5.97 Å². The Morgan fingerprint density at radius 3 is 2.74 bits per heavy atom. The molecular formula is C21H19NO5. The third-order valence-electron chi connectivity index (χ3n) is 3.60. The lowest BCUT2D eigenvalue weighted by atomic mass is 10.1. The third-order valence-corrected chi connectivity index (χ3v) is 3.60. The van der Waals surface area contributed by atoms with Crippen molar-refractivity contribution in [1.29, 1.82) is 0 Å². The number of anilines is 1. The molecule has 0 heterocycles. The maximum absolute atomic E-state index is 12.1. The Balaban J connectivity index is 2.08. The van der Waals surface area contributed by atoms with Gasteiger partial charge in [0.25, 0.3) is 0 Å². The van der Waals surface area contributed by atoms with Crippen LogP contribution in [0.15, 0.2) is 48.5 Å². The molecular weight excluding hydrogens is 346 g/mol. The normalized spacial score (nSPS) is 10.4. The quantitative estimate of drug-likeness (QED) is 0.426. The van der Waals surface area contributed by atoms with Gasteiger partial charge in [-0.1, -0.05) is 30.2 Å². The van der Waals surface area contributed by atoms with Gasteiger partial charge in [0.15, 0.2) is 0 Å². The summed E-state index contributed by atoms with van der Waals surface area (Å²) in [5.41, 5.74) is 1.84. The van der Waals surface area contributed by atoms with Crippen LogP contribution in [0.1, 0.15) is 21.5 Å². The molecule has 2 N–H and O–H groups in total. The Bertz CT molecular complexity index is 896. The molecule has 0 saturated carbocycles. The van der Waals surface area contributed by atoms with Crippen molar-refractivity contribution in [3.8, 4) is 18.1 Å². The molecule has 6 nitrogen and oxygen atoms in total.